The van der Waals surface area contributed by atoms with Gasteiger partial charge in [-0.05, 0) is 42.0 Å². The van der Waals surface area contributed by atoms with E-state index >= 15 is 0 Å². The van der Waals surface area contributed by atoms with Crippen LogP contribution in [-0.2, 0) is 0 Å². The van der Waals surface area contributed by atoms with Gasteiger partial charge in [-0.25, -0.2) is 0 Å². The molecule has 2 aromatic carbocycles. The summed E-state index contributed by atoms with van der Waals surface area (Å²) in [5, 5.41) is 18.4. The van der Waals surface area contributed by atoms with E-state index in [2.05, 4.69) is 69.1 Å². The van der Waals surface area contributed by atoms with Gasteiger partial charge in [0.15, 0.2) is 5.96 Å². The molecule has 152 valence electrons. The molecule has 1 aliphatic heterocycles. The van der Waals surface area contributed by atoms with Crippen LogP contribution >= 0.6 is 11.3 Å². The van der Waals surface area contributed by atoms with Gasteiger partial charge in [0, 0.05) is 48.5 Å². The first-order valence-corrected chi connectivity index (χ1v) is 11.0. The summed E-state index contributed by atoms with van der Waals surface area (Å²) in [6, 6.07) is 20.9. The van der Waals surface area contributed by atoms with Gasteiger partial charge in [-0.3, -0.25) is 4.99 Å². The highest BCUT2D eigenvalue weighted by atomic mass is 32.1. The summed E-state index contributed by atoms with van der Waals surface area (Å²) in [6.07, 6.45) is 0.620. The van der Waals surface area contributed by atoms with Crippen molar-refractivity contribution in [3.63, 3.8) is 0 Å². The molecule has 1 fully saturated rings. The fourth-order valence-corrected chi connectivity index (χ4v) is 4.85. The first kappa shape index (κ1) is 19.7. The summed E-state index contributed by atoms with van der Waals surface area (Å²) in [7, 11) is 1.77. The van der Waals surface area contributed by atoms with E-state index < -0.39 is 6.10 Å². The lowest BCUT2D eigenvalue weighted by atomic mass is 10.1. The normalized spacial score (nSPS) is 18.2. The van der Waals surface area contributed by atoms with Crippen molar-refractivity contribution >= 4 is 33.1 Å². The third-order valence-corrected chi connectivity index (χ3v) is 6.64. The summed E-state index contributed by atoms with van der Waals surface area (Å²) in [5.41, 5.74) is 1.30. The molecule has 0 spiro atoms. The van der Waals surface area contributed by atoms with Crippen LogP contribution in [0.1, 0.15) is 17.4 Å². The number of hydrogen-bond donors (Lipinski definition) is 3. The molecule has 0 radical (unpaired) electrons. The number of thiophene rings is 1. The molecular weight excluding hydrogens is 380 g/mol. The third-order valence-electron chi connectivity index (χ3n) is 5.42. The Kier molecular flexibility index (Phi) is 6.32. The van der Waals surface area contributed by atoms with Crippen molar-refractivity contribution in [2.45, 2.75) is 12.5 Å². The molecule has 2 unspecified atom stereocenters. The van der Waals surface area contributed by atoms with Crippen LogP contribution in [0.25, 0.3) is 10.1 Å². The van der Waals surface area contributed by atoms with E-state index in [0.717, 1.165) is 30.5 Å². The minimum Gasteiger partial charge on any atom is -0.386 e. The largest absolute Gasteiger partial charge is 0.386 e. The molecule has 1 saturated heterocycles. The summed E-state index contributed by atoms with van der Waals surface area (Å²) in [4.78, 5) is 7.72. The maximum Gasteiger partial charge on any atom is 0.191 e. The van der Waals surface area contributed by atoms with Gasteiger partial charge in [0.05, 0.1) is 0 Å². The quantitative estimate of drug-likeness (QED) is 0.431. The van der Waals surface area contributed by atoms with Gasteiger partial charge in [0.1, 0.15) is 6.10 Å². The molecule has 1 aliphatic rings. The third kappa shape index (κ3) is 4.89. The minimum absolute atomic E-state index is 0.438. The van der Waals surface area contributed by atoms with Gasteiger partial charge in [-0.15, -0.1) is 11.3 Å². The number of nitrogens with zero attached hydrogens (tertiary/aromatic N) is 2. The van der Waals surface area contributed by atoms with Crippen LogP contribution < -0.4 is 15.5 Å². The average Bonchev–Trinajstić information content (AvgIpc) is 3.41. The van der Waals surface area contributed by atoms with E-state index in [1.807, 2.05) is 12.1 Å². The fourth-order valence-electron chi connectivity index (χ4n) is 3.79. The molecule has 2 heterocycles. The Bertz CT molecular complexity index is 923. The van der Waals surface area contributed by atoms with Crippen molar-refractivity contribution in [2.75, 3.05) is 38.1 Å². The van der Waals surface area contributed by atoms with Crippen molar-refractivity contribution in [3.8, 4) is 0 Å². The Morgan fingerprint density at radius 1 is 1.17 bits per heavy atom. The maximum absolute atomic E-state index is 10.6. The second-order valence-electron chi connectivity index (χ2n) is 7.47. The average molecular weight is 409 g/mol. The van der Waals surface area contributed by atoms with Crippen molar-refractivity contribution in [1.29, 1.82) is 0 Å². The van der Waals surface area contributed by atoms with E-state index in [-0.39, 0.29) is 0 Å². The molecule has 29 heavy (non-hydrogen) atoms. The van der Waals surface area contributed by atoms with Crippen molar-refractivity contribution in [1.82, 2.24) is 10.6 Å². The van der Waals surface area contributed by atoms with Crippen LogP contribution in [0.4, 0.5) is 5.69 Å². The molecule has 2 atom stereocenters. The molecule has 3 N–H and O–H groups in total. The number of rotatable bonds is 6. The number of guanidine groups is 1. The topological polar surface area (TPSA) is 59.9 Å². The van der Waals surface area contributed by atoms with Gasteiger partial charge in [0.2, 0.25) is 0 Å². The summed E-state index contributed by atoms with van der Waals surface area (Å²) < 4.78 is 1.20. The van der Waals surface area contributed by atoms with Crippen LogP contribution in [-0.4, -0.2) is 44.3 Å². The van der Waals surface area contributed by atoms with Crippen LogP contribution in [0.5, 0.6) is 0 Å². The zero-order valence-corrected chi connectivity index (χ0v) is 17.5. The smallest absolute Gasteiger partial charge is 0.191 e. The standard InChI is InChI=1S/C23H28N4OS/c1-24-23(25-14-17-11-12-27(16-17)19-8-3-2-4-9-19)26-15-20(28)22-13-18-7-5-6-10-21(18)29-22/h2-10,13,17,20,28H,11-12,14-16H2,1H3,(H2,24,25,26). The molecule has 0 bridgehead atoms. The van der Waals surface area contributed by atoms with Gasteiger partial charge >= 0.3 is 0 Å². The van der Waals surface area contributed by atoms with Gasteiger partial charge in [-0.2, -0.15) is 0 Å². The van der Waals surface area contributed by atoms with Crippen LogP contribution in [0, 0.1) is 5.92 Å². The number of anilines is 1. The predicted molar refractivity (Wildman–Crippen MR) is 123 cm³/mol. The molecular formula is C23H28N4OS. The highest BCUT2D eigenvalue weighted by Gasteiger charge is 2.22. The van der Waals surface area contributed by atoms with E-state index in [9.17, 15) is 5.11 Å². The highest BCUT2D eigenvalue weighted by molar-refractivity contribution is 7.19. The molecule has 0 saturated carbocycles. The number of hydrogen-bond acceptors (Lipinski definition) is 4. The van der Waals surface area contributed by atoms with E-state index in [1.54, 1.807) is 18.4 Å². The van der Waals surface area contributed by atoms with Crippen molar-refractivity contribution < 1.29 is 5.11 Å². The summed E-state index contributed by atoms with van der Waals surface area (Å²) in [5.74, 6) is 1.32. The Balaban J connectivity index is 1.24. The molecule has 0 aliphatic carbocycles. The number of fused-ring (bicyclic) bond motifs is 1. The lowest BCUT2D eigenvalue weighted by molar-refractivity contribution is 0.184. The number of nitrogens with one attached hydrogen (secondary N) is 2. The molecule has 5 nitrogen and oxygen atoms in total. The molecule has 0 amide bonds. The second-order valence-corrected chi connectivity index (χ2v) is 8.59. The van der Waals surface area contributed by atoms with Gasteiger partial charge in [-0.1, -0.05) is 36.4 Å². The van der Waals surface area contributed by atoms with Crippen molar-refractivity contribution in [2.24, 2.45) is 10.9 Å². The number of para-hydroxylation sites is 1. The molecule has 4 rings (SSSR count). The number of aliphatic imine (C=N–C) groups is 1. The molecule has 3 aromatic rings. The van der Waals surface area contributed by atoms with E-state index in [0.29, 0.717) is 12.5 Å². The predicted octanol–water partition coefficient (Wildman–Crippen LogP) is 3.63. The van der Waals surface area contributed by atoms with Crippen LogP contribution in [0.3, 0.4) is 0 Å². The van der Waals surface area contributed by atoms with Crippen LogP contribution in [0.2, 0.25) is 0 Å². The minimum atomic E-state index is -0.550. The lowest BCUT2D eigenvalue weighted by Crippen LogP contribution is -2.41. The Morgan fingerprint density at radius 3 is 2.76 bits per heavy atom. The van der Waals surface area contributed by atoms with Crippen molar-refractivity contribution in [3.05, 3.63) is 65.5 Å². The second kappa shape index (κ2) is 9.29. The monoisotopic (exact) mass is 408 g/mol. The zero-order chi connectivity index (χ0) is 20.1. The van der Waals surface area contributed by atoms with E-state index in [4.69, 9.17) is 0 Å². The Morgan fingerprint density at radius 2 is 1.97 bits per heavy atom. The first-order valence-electron chi connectivity index (χ1n) is 10.1. The summed E-state index contributed by atoms with van der Waals surface area (Å²) >= 11 is 1.64. The summed E-state index contributed by atoms with van der Waals surface area (Å²) in [6.45, 7) is 3.46. The highest BCUT2D eigenvalue weighted by Crippen LogP contribution is 2.29. The zero-order valence-electron chi connectivity index (χ0n) is 16.7. The van der Waals surface area contributed by atoms with Gasteiger partial charge < -0.3 is 20.6 Å². The van der Waals surface area contributed by atoms with E-state index in [1.165, 1.54) is 22.2 Å². The molecule has 1 aromatic heterocycles. The Hall–Kier alpha value is -2.57. The Labute approximate surface area is 176 Å². The van der Waals surface area contributed by atoms with Gasteiger partial charge in [0.25, 0.3) is 0 Å². The number of aliphatic hydroxyl groups excluding tert-OH is 1. The number of benzene rings is 2. The fraction of sp³-hybridized carbons (Fsp3) is 0.348. The maximum atomic E-state index is 10.6. The lowest BCUT2D eigenvalue weighted by Gasteiger charge is -2.19. The SMILES string of the molecule is CN=C(NCC1CCN(c2ccccc2)C1)NCC(O)c1cc2ccccc2s1. The van der Waals surface area contributed by atoms with Crippen LogP contribution in [0.15, 0.2) is 65.7 Å². The molecule has 6 heteroatoms. The number of aliphatic hydroxyl groups is 1. The first-order chi connectivity index (χ1) is 14.2.